The maximum absolute atomic E-state index is 13.6. The van der Waals surface area contributed by atoms with Gasteiger partial charge in [-0.3, -0.25) is 14.4 Å². The summed E-state index contributed by atoms with van der Waals surface area (Å²) in [7, 11) is 0. The molecule has 36 heavy (non-hydrogen) atoms. The van der Waals surface area contributed by atoms with E-state index in [-0.39, 0.29) is 17.8 Å². The summed E-state index contributed by atoms with van der Waals surface area (Å²) < 4.78 is 6.48. The molecular weight excluding hydrogens is 476 g/mol. The first-order valence-electron chi connectivity index (χ1n) is 12.5. The van der Waals surface area contributed by atoms with Gasteiger partial charge in [-0.05, 0) is 49.4 Å². The van der Waals surface area contributed by atoms with Crippen molar-refractivity contribution < 1.29 is 19.1 Å². The van der Waals surface area contributed by atoms with Crippen LogP contribution in [0.5, 0.6) is 0 Å². The van der Waals surface area contributed by atoms with Crippen LogP contribution in [0.15, 0.2) is 42.5 Å². The molecule has 2 fully saturated rings. The first kappa shape index (κ1) is 24.2. The fourth-order valence-corrected chi connectivity index (χ4v) is 5.96. The maximum Gasteiger partial charge on any atom is 0.310 e. The number of piperidine rings is 1. The van der Waals surface area contributed by atoms with Gasteiger partial charge in [-0.25, -0.2) is 4.98 Å². The zero-order valence-corrected chi connectivity index (χ0v) is 21.2. The monoisotopic (exact) mass is 506 g/mol. The number of piperazine rings is 1. The van der Waals surface area contributed by atoms with E-state index in [1.807, 2.05) is 31.2 Å². The normalized spacial score (nSPS) is 18.4. The van der Waals surface area contributed by atoms with Crippen molar-refractivity contribution in [3.05, 3.63) is 48.0 Å². The molecule has 3 aromatic rings. The Kier molecular flexibility index (Phi) is 7.18. The van der Waals surface area contributed by atoms with Gasteiger partial charge in [0.15, 0.2) is 0 Å². The van der Waals surface area contributed by atoms with E-state index in [2.05, 4.69) is 23.1 Å². The summed E-state index contributed by atoms with van der Waals surface area (Å²) in [6.07, 6.45) is 2.42. The van der Waals surface area contributed by atoms with Gasteiger partial charge < -0.3 is 19.4 Å². The van der Waals surface area contributed by atoms with E-state index in [9.17, 15) is 14.4 Å². The second-order valence-corrected chi connectivity index (χ2v) is 10.3. The fraction of sp³-hybridized carbons (Fsp3) is 0.407. The van der Waals surface area contributed by atoms with Crippen LogP contribution in [0.3, 0.4) is 0 Å². The number of thiophene rings is 1. The summed E-state index contributed by atoms with van der Waals surface area (Å²) in [5, 5.41) is 1.16. The summed E-state index contributed by atoms with van der Waals surface area (Å²) in [5.74, 6) is 0.0827. The van der Waals surface area contributed by atoms with Crippen molar-refractivity contribution in [3.63, 3.8) is 0 Å². The molecule has 0 bridgehead atoms. The third-order valence-corrected chi connectivity index (χ3v) is 8.01. The second-order valence-electron chi connectivity index (χ2n) is 9.19. The van der Waals surface area contributed by atoms with Gasteiger partial charge in [0.2, 0.25) is 6.41 Å². The lowest BCUT2D eigenvalue weighted by molar-refractivity contribution is -0.148. The third-order valence-electron chi connectivity index (χ3n) is 6.87. The molecule has 2 aliphatic rings. The number of hydrogen-bond donors (Lipinski definition) is 0. The molecule has 0 N–H and O–H groups in total. The Labute approximate surface area is 214 Å². The summed E-state index contributed by atoms with van der Waals surface area (Å²) in [4.78, 5) is 48.8. The third kappa shape index (κ3) is 4.93. The first-order chi connectivity index (χ1) is 17.6. The van der Waals surface area contributed by atoms with E-state index in [0.29, 0.717) is 50.7 Å². The molecule has 2 amide bonds. The number of carbonyl (C=O) groups excluding carboxylic acids is 3. The number of aromatic nitrogens is 1. The predicted octanol–water partition coefficient (Wildman–Crippen LogP) is 3.66. The molecule has 2 aromatic heterocycles. The predicted molar refractivity (Wildman–Crippen MR) is 140 cm³/mol. The summed E-state index contributed by atoms with van der Waals surface area (Å²) in [5.41, 5.74) is 1.34. The van der Waals surface area contributed by atoms with E-state index in [4.69, 9.17) is 9.72 Å². The Bertz CT molecular complexity index is 1230. The van der Waals surface area contributed by atoms with Crippen molar-refractivity contribution in [2.45, 2.75) is 19.8 Å². The van der Waals surface area contributed by atoms with Gasteiger partial charge in [-0.2, -0.15) is 0 Å². The SMILES string of the molecule is CCOC(=O)[C@H]1CCCN(c2nc(-c3cc4ccccc4s3)ccc2C(=O)N2CCN(C=O)CC2)C1. The number of ether oxygens (including phenoxy) is 1. The van der Waals surface area contributed by atoms with E-state index >= 15 is 0 Å². The topological polar surface area (TPSA) is 83.1 Å². The highest BCUT2D eigenvalue weighted by Crippen LogP contribution is 2.35. The number of fused-ring (bicyclic) bond motifs is 1. The first-order valence-corrected chi connectivity index (χ1v) is 13.3. The molecule has 8 nitrogen and oxygen atoms in total. The van der Waals surface area contributed by atoms with Gasteiger partial charge in [0.1, 0.15) is 5.82 Å². The van der Waals surface area contributed by atoms with Crippen LogP contribution in [0.4, 0.5) is 5.82 Å². The lowest BCUT2D eigenvalue weighted by Crippen LogP contribution is -2.48. The number of hydrogen-bond acceptors (Lipinski definition) is 7. The summed E-state index contributed by atoms with van der Waals surface area (Å²) >= 11 is 1.67. The molecule has 0 unspecified atom stereocenters. The van der Waals surface area contributed by atoms with Crippen LogP contribution in [-0.2, 0) is 14.3 Å². The average Bonchev–Trinajstić information content (AvgIpc) is 3.37. The van der Waals surface area contributed by atoms with Gasteiger partial charge in [-0.15, -0.1) is 11.3 Å². The Hall–Kier alpha value is -3.46. The molecule has 4 heterocycles. The van der Waals surface area contributed by atoms with Crippen LogP contribution >= 0.6 is 11.3 Å². The largest absolute Gasteiger partial charge is 0.466 e. The van der Waals surface area contributed by atoms with Crippen LogP contribution < -0.4 is 4.90 Å². The minimum Gasteiger partial charge on any atom is -0.466 e. The second kappa shape index (κ2) is 10.7. The lowest BCUT2D eigenvalue weighted by atomic mass is 9.97. The minimum absolute atomic E-state index is 0.0933. The summed E-state index contributed by atoms with van der Waals surface area (Å²) in [6, 6.07) is 14.1. The lowest BCUT2D eigenvalue weighted by Gasteiger charge is -2.36. The summed E-state index contributed by atoms with van der Waals surface area (Å²) in [6.45, 7) is 5.38. The number of benzene rings is 1. The van der Waals surface area contributed by atoms with Gasteiger partial charge >= 0.3 is 5.97 Å². The van der Waals surface area contributed by atoms with Gasteiger partial charge in [-0.1, -0.05) is 18.2 Å². The molecule has 0 aliphatic carbocycles. The smallest absolute Gasteiger partial charge is 0.310 e. The highest BCUT2D eigenvalue weighted by Gasteiger charge is 2.31. The fourth-order valence-electron chi connectivity index (χ4n) is 4.92. The minimum atomic E-state index is -0.243. The Morgan fingerprint density at radius 3 is 2.67 bits per heavy atom. The van der Waals surface area contributed by atoms with Crippen LogP contribution in [0, 0.1) is 5.92 Å². The van der Waals surface area contributed by atoms with Gasteiger partial charge in [0.05, 0.1) is 28.7 Å². The number of anilines is 1. The number of carbonyl (C=O) groups is 3. The van der Waals surface area contributed by atoms with Crippen molar-refractivity contribution in [1.82, 2.24) is 14.8 Å². The Balaban J connectivity index is 1.49. The van der Waals surface area contributed by atoms with Gasteiger partial charge in [0.25, 0.3) is 5.91 Å². The van der Waals surface area contributed by atoms with Crippen LogP contribution in [0.2, 0.25) is 0 Å². The standard InChI is InChI=1S/C27H30N4O4S/c1-2-35-27(34)20-7-5-11-31(17-20)25-21(26(33)30-14-12-29(18-32)13-15-30)9-10-22(28-25)24-16-19-6-3-4-8-23(19)36-24/h3-4,6,8-10,16,18,20H,2,5,7,11-15,17H2,1H3/t20-/m0/s1. The number of nitrogens with zero attached hydrogens (tertiary/aromatic N) is 4. The van der Waals surface area contributed by atoms with E-state index in [1.54, 1.807) is 21.1 Å². The molecule has 2 saturated heterocycles. The number of amides is 2. The molecule has 0 spiro atoms. The highest BCUT2D eigenvalue weighted by molar-refractivity contribution is 7.22. The Morgan fingerprint density at radius 1 is 1.11 bits per heavy atom. The molecule has 0 radical (unpaired) electrons. The van der Waals surface area contributed by atoms with Crippen molar-refractivity contribution in [3.8, 4) is 10.6 Å². The van der Waals surface area contributed by atoms with Crippen LogP contribution in [0.25, 0.3) is 20.7 Å². The quantitative estimate of drug-likeness (QED) is 0.375. The molecule has 5 rings (SSSR count). The van der Waals surface area contributed by atoms with E-state index in [0.717, 1.165) is 41.8 Å². The molecule has 0 saturated carbocycles. The zero-order valence-electron chi connectivity index (χ0n) is 20.4. The van der Waals surface area contributed by atoms with E-state index in [1.165, 1.54) is 4.70 Å². The van der Waals surface area contributed by atoms with E-state index < -0.39 is 0 Å². The molecule has 188 valence electrons. The van der Waals surface area contributed by atoms with Crippen molar-refractivity contribution in [2.75, 3.05) is 50.8 Å². The number of pyridine rings is 1. The number of rotatable bonds is 6. The number of esters is 1. The van der Waals surface area contributed by atoms with Gasteiger partial charge in [0, 0.05) is 44.0 Å². The Morgan fingerprint density at radius 2 is 1.92 bits per heavy atom. The molecule has 1 atom stereocenters. The molecule has 9 heteroatoms. The highest BCUT2D eigenvalue weighted by atomic mass is 32.1. The molecule has 1 aromatic carbocycles. The molecular formula is C27H30N4O4S. The maximum atomic E-state index is 13.6. The molecule has 2 aliphatic heterocycles. The van der Waals surface area contributed by atoms with Crippen molar-refractivity contribution >= 4 is 45.5 Å². The van der Waals surface area contributed by atoms with Crippen LogP contribution in [-0.4, -0.2) is 78.9 Å². The van der Waals surface area contributed by atoms with Crippen molar-refractivity contribution in [1.29, 1.82) is 0 Å². The average molecular weight is 507 g/mol. The van der Waals surface area contributed by atoms with Crippen LogP contribution in [0.1, 0.15) is 30.1 Å². The zero-order chi connectivity index (χ0) is 25.1. The van der Waals surface area contributed by atoms with Crippen molar-refractivity contribution in [2.24, 2.45) is 5.92 Å².